The number of methoxy groups -OCH3 is 1. The Kier molecular flexibility index (Phi) is 3.93. The summed E-state index contributed by atoms with van der Waals surface area (Å²) in [7, 11) is 1.45. The summed E-state index contributed by atoms with van der Waals surface area (Å²) in [6, 6.07) is 0. The largest absolute Gasteiger partial charge is 0.469 e. The Bertz CT molecular complexity index is 191. The molecule has 0 amide bonds. The smallest absolute Gasteiger partial charge is 0.306 e. The van der Waals surface area contributed by atoms with Gasteiger partial charge in [0.2, 0.25) is 0 Å². The molecule has 0 aromatic carbocycles. The van der Waals surface area contributed by atoms with Crippen LogP contribution in [0.5, 0.6) is 0 Å². The number of hydrogen-bond donors (Lipinski definition) is 0. The van der Waals surface area contributed by atoms with Crippen LogP contribution in [0.25, 0.3) is 0 Å². The Labute approximate surface area is 86.4 Å². The second-order valence-corrected chi connectivity index (χ2v) is 4.24. The fourth-order valence-corrected chi connectivity index (χ4v) is 2.11. The molecule has 0 bridgehead atoms. The maximum Gasteiger partial charge on any atom is 0.306 e. The van der Waals surface area contributed by atoms with Gasteiger partial charge < -0.3 is 9.64 Å². The summed E-state index contributed by atoms with van der Waals surface area (Å²) < 4.78 is 4.61. The van der Waals surface area contributed by atoms with Crippen LogP contribution in [0.15, 0.2) is 0 Å². The molecular formula is C11H21NO2. The summed E-state index contributed by atoms with van der Waals surface area (Å²) in [5.74, 6) is -0.101. The minimum atomic E-state index is -0.101. The first kappa shape index (κ1) is 11.5. The van der Waals surface area contributed by atoms with E-state index in [4.69, 9.17) is 0 Å². The molecular weight excluding hydrogens is 178 g/mol. The minimum Gasteiger partial charge on any atom is -0.469 e. The van der Waals surface area contributed by atoms with Gasteiger partial charge in [0.1, 0.15) is 0 Å². The highest BCUT2D eigenvalue weighted by atomic mass is 16.5. The standard InChI is InChI=1S/C11H21NO2/c1-4-11(5-2)8-12(9-11)7-6-10(13)14-3/h4-9H2,1-3H3. The number of likely N-dealkylation sites (tertiary alicyclic amines) is 1. The molecule has 0 unspecified atom stereocenters. The molecule has 0 aromatic rings. The van der Waals surface area contributed by atoms with Crippen molar-refractivity contribution in [3.63, 3.8) is 0 Å². The fourth-order valence-electron chi connectivity index (χ4n) is 2.11. The lowest BCUT2D eigenvalue weighted by molar-refractivity contribution is -0.141. The van der Waals surface area contributed by atoms with E-state index in [-0.39, 0.29) is 5.97 Å². The van der Waals surface area contributed by atoms with E-state index in [0.29, 0.717) is 11.8 Å². The highest BCUT2D eigenvalue weighted by Gasteiger charge is 2.39. The van der Waals surface area contributed by atoms with E-state index >= 15 is 0 Å². The van der Waals surface area contributed by atoms with E-state index in [2.05, 4.69) is 23.5 Å². The van der Waals surface area contributed by atoms with Gasteiger partial charge in [0.15, 0.2) is 0 Å². The third-order valence-electron chi connectivity index (χ3n) is 3.48. The van der Waals surface area contributed by atoms with Crippen molar-refractivity contribution in [1.29, 1.82) is 0 Å². The lowest BCUT2D eigenvalue weighted by Gasteiger charge is -2.50. The summed E-state index contributed by atoms with van der Waals surface area (Å²) in [5, 5.41) is 0. The van der Waals surface area contributed by atoms with E-state index in [1.165, 1.54) is 20.0 Å². The van der Waals surface area contributed by atoms with E-state index in [9.17, 15) is 4.79 Å². The molecule has 1 rings (SSSR count). The van der Waals surface area contributed by atoms with Crippen LogP contribution in [0.4, 0.5) is 0 Å². The number of carbonyl (C=O) groups excluding carboxylic acids is 1. The third kappa shape index (κ3) is 2.47. The van der Waals surface area contributed by atoms with Crippen LogP contribution >= 0.6 is 0 Å². The van der Waals surface area contributed by atoms with Gasteiger partial charge in [-0.15, -0.1) is 0 Å². The molecule has 0 aliphatic carbocycles. The highest BCUT2D eigenvalue weighted by molar-refractivity contribution is 5.69. The van der Waals surface area contributed by atoms with Crippen LogP contribution in [-0.4, -0.2) is 37.6 Å². The average molecular weight is 199 g/mol. The van der Waals surface area contributed by atoms with Crippen LogP contribution in [0.3, 0.4) is 0 Å². The number of ether oxygens (including phenoxy) is 1. The molecule has 1 aliphatic rings. The Balaban J connectivity index is 2.18. The summed E-state index contributed by atoms with van der Waals surface area (Å²) in [6.45, 7) is 7.66. The zero-order valence-corrected chi connectivity index (χ0v) is 9.51. The highest BCUT2D eigenvalue weighted by Crippen LogP contribution is 2.36. The maximum absolute atomic E-state index is 10.9. The summed E-state index contributed by atoms with van der Waals surface area (Å²) >= 11 is 0. The van der Waals surface area contributed by atoms with Gasteiger partial charge in [-0.1, -0.05) is 13.8 Å². The molecule has 0 saturated carbocycles. The van der Waals surface area contributed by atoms with Crippen LogP contribution in [-0.2, 0) is 9.53 Å². The van der Waals surface area contributed by atoms with Crippen molar-refractivity contribution in [2.24, 2.45) is 5.41 Å². The second kappa shape index (κ2) is 4.78. The van der Waals surface area contributed by atoms with E-state index < -0.39 is 0 Å². The average Bonchev–Trinajstić information content (AvgIpc) is 2.16. The predicted octanol–water partition coefficient (Wildman–Crippen LogP) is 1.67. The van der Waals surface area contributed by atoms with Crippen molar-refractivity contribution in [1.82, 2.24) is 4.90 Å². The first-order valence-electron chi connectivity index (χ1n) is 5.45. The number of nitrogens with zero attached hydrogens (tertiary/aromatic N) is 1. The molecule has 1 heterocycles. The Morgan fingerprint density at radius 1 is 1.36 bits per heavy atom. The van der Waals surface area contributed by atoms with Crippen molar-refractivity contribution < 1.29 is 9.53 Å². The summed E-state index contributed by atoms with van der Waals surface area (Å²) in [5.41, 5.74) is 0.538. The number of hydrogen-bond acceptors (Lipinski definition) is 3. The minimum absolute atomic E-state index is 0.101. The third-order valence-corrected chi connectivity index (χ3v) is 3.48. The first-order valence-corrected chi connectivity index (χ1v) is 5.45. The predicted molar refractivity (Wildman–Crippen MR) is 56.1 cm³/mol. The van der Waals surface area contributed by atoms with Gasteiger partial charge in [-0.2, -0.15) is 0 Å². The van der Waals surface area contributed by atoms with Crippen LogP contribution in [0.2, 0.25) is 0 Å². The van der Waals surface area contributed by atoms with Crippen LogP contribution in [0, 0.1) is 5.41 Å². The van der Waals surface area contributed by atoms with Gasteiger partial charge in [0.25, 0.3) is 0 Å². The molecule has 14 heavy (non-hydrogen) atoms. The quantitative estimate of drug-likeness (QED) is 0.631. The molecule has 0 atom stereocenters. The normalized spacial score (nSPS) is 20.2. The summed E-state index contributed by atoms with van der Waals surface area (Å²) in [6.07, 6.45) is 3.02. The van der Waals surface area contributed by atoms with E-state index in [0.717, 1.165) is 19.6 Å². The molecule has 1 saturated heterocycles. The zero-order chi connectivity index (χ0) is 10.6. The Morgan fingerprint density at radius 3 is 2.36 bits per heavy atom. The maximum atomic E-state index is 10.9. The monoisotopic (exact) mass is 199 g/mol. The van der Waals surface area contributed by atoms with Gasteiger partial charge >= 0.3 is 5.97 Å². The lowest BCUT2D eigenvalue weighted by atomic mass is 9.75. The van der Waals surface area contributed by atoms with Gasteiger partial charge in [0.05, 0.1) is 13.5 Å². The zero-order valence-electron chi connectivity index (χ0n) is 9.51. The van der Waals surface area contributed by atoms with Gasteiger partial charge in [-0.05, 0) is 18.3 Å². The molecule has 1 aliphatic heterocycles. The molecule has 0 radical (unpaired) electrons. The van der Waals surface area contributed by atoms with Gasteiger partial charge in [-0.3, -0.25) is 4.79 Å². The molecule has 3 nitrogen and oxygen atoms in total. The molecule has 0 N–H and O–H groups in total. The molecule has 1 fully saturated rings. The van der Waals surface area contributed by atoms with Gasteiger partial charge in [0, 0.05) is 19.6 Å². The molecule has 3 heteroatoms. The van der Waals surface area contributed by atoms with Crippen molar-refractivity contribution in [2.45, 2.75) is 33.1 Å². The second-order valence-electron chi connectivity index (χ2n) is 4.24. The molecule has 82 valence electrons. The fraction of sp³-hybridized carbons (Fsp3) is 0.909. The van der Waals surface area contributed by atoms with E-state index in [1.54, 1.807) is 0 Å². The first-order chi connectivity index (χ1) is 6.65. The summed E-state index contributed by atoms with van der Waals surface area (Å²) in [4.78, 5) is 13.2. The van der Waals surface area contributed by atoms with Crippen molar-refractivity contribution in [3.8, 4) is 0 Å². The molecule has 0 aromatic heterocycles. The Morgan fingerprint density at radius 2 is 1.93 bits per heavy atom. The topological polar surface area (TPSA) is 29.5 Å². The van der Waals surface area contributed by atoms with Crippen LogP contribution in [0.1, 0.15) is 33.1 Å². The van der Waals surface area contributed by atoms with Crippen molar-refractivity contribution in [2.75, 3.05) is 26.7 Å². The Hall–Kier alpha value is -0.570. The number of carbonyl (C=O) groups is 1. The van der Waals surface area contributed by atoms with E-state index in [1.807, 2.05) is 0 Å². The van der Waals surface area contributed by atoms with Crippen LogP contribution < -0.4 is 0 Å². The van der Waals surface area contributed by atoms with Crippen molar-refractivity contribution >= 4 is 5.97 Å². The molecule has 0 spiro atoms. The van der Waals surface area contributed by atoms with Gasteiger partial charge in [-0.25, -0.2) is 0 Å². The SMILES string of the molecule is CCC1(CC)CN(CCC(=O)OC)C1. The number of esters is 1. The lowest BCUT2D eigenvalue weighted by Crippen LogP contribution is -2.55. The van der Waals surface area contributed by atoms with Crippen molar-refractivity contribution in [3.05, 3.63) is 0 Å². The number of rotatable bonds is 5.